The topological polar surface area (TPSA) is 0 Å². The van der Waals surface area contributed by atoms with Crippen LogP contribution in [0.3, 0.4) is 0 Å². The van der Waals surface area contributed by atoms with Crippen molar-refractivity contribution in [1.82, 2.24) is 0 Å². The summed E-state index contributed by atoms with van der Waals surface area (Å²) in [5, 5.41) is 1.81. The van der Waals surface area contributed by atoms with Gasteiger partial charge in [-0.1, -0.05) is 49.8 Å². The predicted molar refractivity (Wildman–Crippen MR) is 92.8 cm³/mol. The second-order valence-corrected chi connectivity index (χ2v) is 6.62. The first-order chi connectivity index (χ1) is 10.7. The van der Waals surface area contributed by atoms with Gasteiger partial charge in [0.2, 0.25) is 0 Å². The molecule has 1 saturated carbocycles. The average Bonchev–Trinajstić information content (AvgIpc) is 2.56. The third-order valence-corrected chi connectivity index (χ3v) is 5.13. The van der Waals surface area contributed by atoms with E-state index in [1.807, 2.05) is 12.1 Å². The summed E-state index contributed by atoms with van der Waals surface area (Å²) in [6.07, 6.45) is 8.67. The van der Waals surface area contributed by atoms with Crippen LogP contribution in [0.25, 0.3) is 10.8 Å². The number of hydrogen-bond acceptors (Lipinski definition) is 0. The average molecular weight is 296 g/mol. The molecule has 1 fully saturated rings. The molecule has 0 aromatic heterocycles. The molecule has 1 aliphatic rings. The van der Waals surface area contributed by atoms with E-state index >= 15 is 0 Å². The summed E-state index contributed by atoms with van der Waals surface area (Å²) in [4.78, 5) is 0. The van der Waals surface area contributed by atoms with Crippen molar-refractivity contribution < 1.29 is 4.39 Å². The molecule has 1 aliphatic carbocycles. The molecule has 0 amide bonds. The monoisotopic (exact) mass is 296 g/mol. The third kappa shape index (κ3) is 2.95. The van der Waals surface area contributed by atoms with E-state index in [0.717, 1.165) is 54.9 Å². The Morgan fingerprint density at radius 2 is 1.91 bits per heavy atom. The third-order valence-electron chi connectivity index (χ3n) is 5.13. The lowest BCUT2D eigenvalue weighted by molar-refractivity contribution is 0.369. The Morgan fingerprint density at radius 3 is 2.59 bits per heavy atom. The van der Waals surface area contributed by atoms with Crippen molar-refractivity contribution in [3.05, 3.63) is 59.9 Å². The summed E-state index contributed by atoms with van der Waals surface area (Å²) in [6.45, 7) is 6.06. The Bertz CT molecular complexity index is 663. The molecule has 0 radical (unpaired) electrons. The summed E-state index contributed by atoms with van der Waals surface area (Å²) in [5.74, 6) is 0.995. The van der Waals surface area contributed by atoms with Gasteiger partial charge in [0.1, 0.15) is 5.82 Å². The van der Waals surface area contributed by atoms with E-state index < -0.39 is 0 Å². The number of benzene rings is 2. The molecule has 0 heterocycles. The first-order valence-electron chi connectivity index (χ1n) is 8.56. The maximum atomic E-state index is 14.9. The molecule has 0 spiro atoms. The molecule has 0 nitrogen and oxygen atoms in total. The van der Waals surface area contributed by atoms with Crippen LogP contribution in [-0.4, -0.2) is 0 Å². The smallest absolute Gasteiger partial charge is 0.134 e. The number of hydrogen-bond donors (Lipinski definition) is 0. The van der Waals surface area contributed by atoms with Gasteiger partial charge in [-0.2, -0.15) is 0 Å². The van der Waals surface area contributed by atoms with Gasteiger partial charge >= 0.3 is 0 Å². The Hall–Kier alpha value is -1.63. The lowest BCUT2D eigenvalue weighted by Gasteiger charge is -2.27. The van der Waals surface area contributed by atoms with Crippen molar-refractivity contribution in [2.75, 3.05) is 0 Å². The first-order valence-corrected chi connectivity index (χ1v) is 8.56. The molecular formula is C21H25F. The largest absolute Gasteiger partial charge is 0.206 e. The summed E-state index contributed by atoms with van der Waals surface area (Å²) >= 11 is 0. The van der Waals surface area contributed by atoms with Crippen LogP contribution in [-0.2, 0) is 6.42 Å². The van der Waals surface area contributed by atoms with Gasteiger partial charge in [0.25, 0.3) is 0 Å². The van der Waals surface area contributed by atoms with Crippen molar-refractivity contribution in [3.8, 4) is 0 Å². The lowest BCUT2D eigenvalue weighted by Crippen LogP contribution is -2.12. The molecule has 1 heteroatoms. The number of allylic oxidation sites excluding steroid dienone is 1. The quantitative estimate of drug-likeness (QED) is 0.573. The fourth-order valence-electron chi connectivity index (χ4n) is 3.78. The Kier molecular flexibility index (Phi) is 4.61. The van der Waals surface area contributed by atoms with Gasteiger partial charge in [0.05, 0.1) is 0 Å². The van der Waals surface area contributed by atoms with Gasteiger partial charge < -0.3 is 0 Å². The SMILES string of the molecule is C=CC1CCC(c2ccc3cc(CCC)ccc3c2F)CC1. The van der Waals surface area contributed by atoms with Crippen LogP contribution in [0.15, 0.2) is 43.0 Å². The van der Waals surface area contributed by atoms with Crippen LogP contribution < -0.4 is 0 Å². The van der Waals surface area contributed by atoms with E-state index in [0.29, 0.717) is 11.8 Å². The molecule has 2 aromatic rings. The van der Waals surface area contributed by atoms with Gasteiger partial charge in [0.15, 0.2) is 0 Å². The Labute approximate surface area is 133 Å². The number of rotatable bonds is 4. The Morgan fingerprint density at radius 1 is 1.14 bits per heavy atom. The number of halogens is 1. The van der Waals surface area contributed by atoms with Crippen molar-refractivity contribution >= 4 is 10.8 Å². The molecule has 0 aliphatic heterocycles. The number of aryl methyl sites for hydroxylation is 1. The van der Waals surface area contributed by atoms with Crippen LogP contribution >= 0.6 is 0 Å². The van der Waals surface area contributed by atoms with Crippen LogP contribution in [0, 0.1) is 11.7 Å². The van der Waals surface area contributed by atoms with Gasteiger partial charge in [-0.05, 0) is 60.5 Å². The molecule has 2 aromatic carbocycles. The van der Waals surface area contributed by atoms with Crippen molar-refractivity contribution in [2.45, 2.75) is 51.4 Å². The van der Waals surface area contributed by atoms with E-state index in [1.165, 1.54) is 5.56 Å². The van der Waals surface area contributed by atoms with E-state index in [1.54, 1.807) is 0 Å². The molecule has 0 unspecified atom stereocenters. The molecule has 0 N–H and O–H groups in total. The minimum atomic E-state index is 0.00241. The molecule has 0 atom stereocenters. The minimum Gasteiger partial charge on any atom is -0.206 e. The summed E-state index contributed by atoms with van der Waals surface area (Å²) in [7, 11) is 0. The van der Waals surface area contributed by atoms with Crippen LogP contribution in [0.1, 0.15) is 56.1 Å². The normalized spacial score (nSPS) is 21.9. The molecule has 0 saturated heterocycles. The summed E-state index contributed by atoms with van der Waals surface area (Å²) in [5.41, 5.74) is 2.21. The van der Waals surface area contributed by atoms with Gasteiger partial charge in [-0.15, -0.1) is 6.58 Å². The van der Waals surface area contributed by atoms with Crippen LogP contribution in [0.4, 0.5) is 4.39 Å². The van der Waals surface area contributed by atoms with Crippen molar-refractivity contribution in [3.63, 3.8) is 0 Å². The molecule has 0 bridgehead atoms. The van der Waals surface area contributed by atoms with Gasteiger partial charge in [-0.25, -0.2) is 4.39 Å². The maximum absolute atomic E-state index is 14.9. The fourth-order valence-corrected chi connectivity index (χ4v) is 3.78. The van der Waals surface area contributed by atoms with Crippen molar-refractivity contribution in [2.24, 2.45) is 5.92 Å². The minimum absolute atomic E-state index is 0.00241. The molecule has 3 rings (SSSR count). The Balaban J connectivity index is 1.90. The maximum Gasteiger partial charge on any atom is 0.134 e. The predicted octanol–water partition coefficient (Wildman–Crippen LogP) is 6.39. The van der Waals surface area contributed by atoms with E-state index in [2.05, 4.69) is 37.8 Å². The highest BCUT2D eigenvalue weighted by atomic mass is 19.1. The summed E-state index contributed by atoms with van der Waals surface area (Å²) in [6, 6.07) is 10.3. The van der Waals surface area contributed by atoms with E-state index in [9.17, 15) is 4.39 Å². The molecule has 22 heavy (non-hydrogen) atoms. The zero-order chi connectivity index (χ0) is 15.5. The van der Waals surface area contributed by atoms with Crippen molar-refractivity contribution in [1.29, 1.82) is 0 Å². The van der Waals surface area contributed by atoms with Crippen LogP contribution in [0.2, 0.25) is 0 Å². The first kappa shape index (κ1) is 15.3. The van der Waals surface area contributed by atoms with E-state index in [-0.39, 0.29) is 5.82 Å². The number of fused-ring (bicyclic) bond motifs is 1. The standard InChI is InChI=1S/C21H25F/c1-3-5-16-8-12-20-18(14-16)11-13-19(21(20)22)17-9-6-15(4-2)7-10-17/h4,8,11-15,17H,2-3,5-7,9-10H2,1H3. The second-order valence-electron chi connectivity index (χ2n) is 6.62. The van der Waals surface area contributed by atoms with Crippen LogP contribution in [0.5, 0.6) is 0 Å². The zero-order valence-electron chi connectivity index (χ0n) is 13.4. The molecular weight excluding hydrogens is 271 g/mol. The van der Waals surface area contributed by atoms with Gasteiger partial charge in [-0.3, -0.25) is 0 Å². The highest BCUT2D eigenvalue weighted by Gasteiger charge is 2.23. The summed E-state index contributed by atoms with van der Waals surface area (Å²) < 4.78 is 14.9. The second kappa shape index (κ2) is 6.64. The zero-order valence-corrected chi connectivity index (χ0v) is 13.4. The fraction of sp³-hybridized carbons (Fsp3) is 0.429. The van der Waals surface area contributed by atoms with Gasteiger partial charge in [0, 0.05) is 5.39 Å². The lowest BCUT2D eigenvalue weighted by atomic mass is 9.78. The highest BCUT2D eigenvalue weighted by Crippen LogP contribution is 2.38. The molecule has 116 valence electrons. The van der Waals surface area contributed by atoms with E-state index in [4.69, 9.17) is 0 Å². The highest BCUT2D eigenvalue weighted by molar-refractivity contribution is 5.84.